The predicted molar refractivity (Wildman–Crippen MR) is 111 cm³/mol. The van der Waals surface area contributed by atoms with Crippen molar-refractivity contribution in [2.24, 2.45) is 0 Å². The maximum atomic E-state index is 5.70. The monoisotopic (exact) mass is 378 g/mol. The molecule has 0 unspecified atom stereocenters. The van der Waals surface area contributed by atoms with E-state index in [2.05, 4.69) is 37.8 Å². The van der Waals surface area contributed by atoms with Crippen molar-refractivity contribution < 1.29 is 18.9 Å². The summed E-state index contributed by atoms with van der Waals surface area (Å²) in [6.45, 7) is 9.06. The molecular weight excluding hydrogens is 340 g/mol. The van der Waals surface area contributed by atoms with Gasteiger partial charge in [-0.3, -0.25) is 0 Å². The summed E-state index contributed by atoms with van der Waals surface area (Å²) in [4.78, 5) is 0. The van der Waals surface area contributed by atoms with Gasteiger partial charge in [0, 0.05) is 0 Å². The molecule has 4 heteroatoms. The van der Waals surface area contributed by atoms with Gasteiger partial charge >= 0.3 is 0 Å². The van der Waals surface area contributed by atoms with E-state index in [1.165, 1.54) is 56.8 Å². The second-order valence-electron chi connectivity index (χ2n) is 6.63. The standard InChI is InChI=1S/C23H38O4/c1-3-5-6-7-8-9-10-11-22-12-14-23(15-13-22)27-21-20-26-19-18-25-17-16-24-4-2/h4,12-15H,2-3,5-11,16-21H2,1H3. The fourth-order valence-electron chi connectivity index (χ4n) is 2.77. The minimum Gasteiger partial charge on any atom is -0.499 e. The van der Waals surface area contributed by atoms with Crippen molar-refractivity contribution in [1.29, 1.82) is 0 Å². The molecular formula is C23H38O4. The Labute approximate surface area is 165 Å². The van der Waals surface area contributed by atoms with Crippen molar-refractivity contribution in [2.45, 2.75) is 58.3 Å². The normalized spacial score (nSPS) is 10.7. The third kappa shape index (κ3) is 14.2. The maximum Gasteiger partial charge on any atom is 0.119 e. The van der Waals surface area contributed by atoms with Gasteiger partial charge in [0.2, 0.25) is 0 Å². The molecule has 0 radical (unpaired) electrons. The Morgan fingerprint density at radius 3 is 2.00 bits per heavy atom. The lowest BCUT2D eigenvalue weighted by atomic mass is 10.0. The lowest BCUT2D eigenvalue weighted by molar-refractivity contribution is 0.0227. The summed E-state index contributed by atoms with van der Waals surface area (Å²) in [7, 11) is 0. The van der Waals surface area contributed by atoms with Crippen LogP contribution in [-0.2, 0) is 20.6 Å². The highest BCUT2D eigenvalue weighted by Gasteiger charge is 1.98. The summed E-state index contributed by atoms with van der Waals surface area (Å²) in [6, 6.07) is 8.46. The summed E-state index contributed by atoms with van der Waals surface area (Å²) in [6.07, 6.45) is 12.0. The van der Waals surface area contributed by atoms with Gasteiger partial charge in [0.15, 0.2) is 0 Å². The van der Waals surface area contributed by atoms with E-state index in [4.69, 9.17) is 18.9 Å². The Balaban J connectivity index is 1.96. The van der Waals surface area contributed by atoms with Gasteiger partial charge in [0.1, 0.15) is 19.0 Å². The average Bonchev–Trinajstić information content (AvgIpc) is 2.70. The van der Waals surface area contributed by atoms with E-state index in [0.29, 0.717) is 39.6 Å². The number of benzene rings is 1. The second-order valence-corrected chi connectivity index (χ2v) is 6.63. The maximum absolute atomic E-state index is 5.70. The third-order valence-corrected chi connectivity index (χ3v) is 4.32. The zero-order valence-electron chi connectivity index (χ0n) is 17.1. The summed E-state index contributed by atoms with van der Waals surface area (Å²) in [5, 5.41) is 0. The van der Waals surface area contributed by atoms with Crippen LogP contribution < -0.4 is 4.74 Å². The lowest BCUT2D eigenvalue weighted by Gasteiger charge is -2.09. The van der Waals surface area contributed by atoms with Crippen LogP contribution in [0.2, 0.25) is 0 Å². The van der Waals surface area contributed by atoms with Crippen LogP contribution in [0.1, 0.15) is 57.4 Å². The molecule has 0 saturated heterocycles. The Kier molecular flexibility index (Phi) is 15.6. The second kappa shape index (κ2) is 17.9. The molecule has 0 fully saturated rings. The quantitative estimate of drug-likeness (QED) is 0.233. The molecule has 1 aromatic carbocycles. The number of hydrogen-bond acceptors (Lipinski definition) is 4. The average molecular weight is 379 g/mol. The van der Waals surface area contributed by atoms with Crippen LogP contribution in [0.15, 0.2) is 37.1 Å². The molecule has 0 bridgehead atoms. The number of rotatable bonds is 19. The lowest BCUT2D eigenvalue weighted by Crippen LogP contribution is -2.12. The molecule has 154 valence electrons. The van der Waals surface area contributed by atoms with Crippen molar-refractivity contribution in [1.82, 2.24) is 0 Å². The Bertz CT molecular complexity index is 444. The number of hydrogen-bond donors (Lipinski definition) is 0. The van der Waals surface area contributed by atoms with Gasteiger partial charge in [-0.25, -0.2) is 0 Å². The SMILES string of the molecule is C=COCCOCCOCCOc1ccc(CCCCCCCCC)cc1. The minimum atomic E-state index is 0.529. The van der Waals surface area contributed by atoms with E-state index in [9.17, 15) is 0 Å². The molecule has 0 aromatic heterocycles. The Morgan fingerprint density at radius 1 is 0.741 bits per heavy atom. The molecule has 0 heterocycles. The highest BCUT2D eigenvalue weighted by Crippen LogP contribution is 2.15. The van der Waals surface area contributed by atoms with E-state index < -0.39 is 0 Å². The molecule has 0 amide bonds. The van der Waals surface area contributed by atoms with E-state index >= 15 is 0 Å². The molecule has 0 N–H and O–H groups in total. The van der Waals surface area contributed by atoms with Crippen molar-refractivity contribution >= 4 is 0 Å². The molecule has 0 spiro atoms. The molecule has 1 rings (SSSR count). The van der Waals surface area contributed by atoms with Gasteiger partial charge in [-0.2, -0.15) is 0 Å². The first kappa shape index (κ1) is 23.5. The van der Waals surface area contributed by atoms with Crippen LogP contribution in [-0.4, -0.2) is 39.6 Å². The topological polar surface area (TPSA) is 36.9 Å². The Hall–Kier alpha value is -1.52. The van der Waals surface area contributed by atoms with Crippen LogP contribution in [0.5, 0.6) is 5.75 Å². The smallest absolute Gasteiger partial charge is 0.119 e. The van der Waals surface area contributed by atoms with Gasteiger partial charge in [0.05, 0.1) is 32.7 Å². The summed E-state index contributed by atoms with van der Waals surface area (Å²) >= 11 is 0. The molecule has 0 aliphatic rings. The summed E-state index contributed by atoms with van der Waals surface area (Å²) in [5.74, 6) is 0.903. The first-order chi connectivity index (χ1) is 13.4. The third-order valence-electron chi connectivity index (χ3n) is 4.32. The van der Waals surface area contributed by atoms with Crippen LogP contribution in [0.25, 0.3) is 0 Å². The highest BCUT2D eigenvalue weighted by atomic mass is 16.6. The van der Waals surface area contributed by atoms with Crippen molar-refractivity contribution in [2.75, 3.05) is 39.6 Å². The van der Waals surface area contributed by atoms with Gasteiger partial charge in [-0.1, -0.05) is 64.2 Å². The Morgan fingerprint density at radius 2 is 1.33 bits per heavy atom. The fourth-order valence-corrected chi connectivity index (χ4v) is 2.77. The summed E-state index contributed by atoms with van der Waals surface area (Å²) in [5.41, 5.74) is 1.39. The largest absolute Gasteiger partial charge is 0.499 e. The van der Waals surface area contributed by atoms with Crippen molar-refractivity contribution in [3.8, 4) is 5.75 Å². The number of aryl methyl sites for hydroxylation is 1. The molecule has 1 aromatic rings. The van der Waals surface area contributed by atoms with Crippen LogP contribution >= 0.6 is 0 Å². The number of ether oxygens (including phenoxy) is 4. The first-order valence-electron chi connectivity index (χ1n) is 10.5. The predicted octanol–water partition coefficient (Wildman–Crippen LogP) is 5.55. The highest BCUT2D eigenvalue weighted by molar-refractivity contribution is 5.27. The van der Waals surface area contributed by atoms with Crippen LogP contribution in [0, 0.1) is 0 Å². The first-order valence-corrected chi connectivity index (χ1v) is 10.5. The van der Waals surface area contributed by atoms with E-state index in [1.807, 2.05) is 0 Å². The van der Waals surface area contributed by atoms with Crippen LogP contribution in [0.3, 0.4) is 0 Å². The van der Waals surface area contributed by atoms with E-state index in [1.54, 1.807) is 0 Å². The van der Waals surface area contributed by atoms with Crippen molar-refractivity contribution in [3.63, 3.8) is 0 Å². The molecule has 27 heavy (non-hydrogen) atoms. The minimum absolute atomic E-state index is 0.529. The van der Waals surface area contributed by atoms with Gasteiger partial charge in [-0.15, -0.1) is 0 Å². The van der Waals surface area contributed by atoms with Crippen molar-refractivity contribution in [3.05, 3.63) is 42.7 Å². The van der Waals surface area contributed by atoms with Crippen LogP contribution in [0.4, 0.5) is 0 Å². The zero-order valence-corrected chi connectivity index (χ0v) is 17.1. The molecule has 0 atom stereocenters. The van der Waals surface area contributed by atoms with Gasteiger partial charge < -0.3 is 18.9 Å². The molecule has 0 aliphatic heterocycles. The molecule has 4 nitrogen and oxygen atoms in total. The molecule has 0 aliphatic carbocycles. The van der Waals surface area contributed by atoms with Gasteiger partial charge in [-0.05, 0) is 30.5 Å². The van der Waals surface area contributed by atoms with Gasteiger partial charge in [0.25, 0.3) is 0 Å². The number of unbranched alkanes of at least 4 members (excludes halogenated alkanes) is 6. The van der Waals surface area contributed by atoms with E-state index in [0.717, 1.165) is 12.2 Å². The van der Waals surface area contributed by atoms with E-state index in [-0.39, 0.29) is 0 Å². The molecule has 0 saturated carbocycles. The fraction of sp³-hybridized carbons (Fsp3) is 0.652. The zero-order chi connectivity index (χ0) is 19.4. The summed E-state index contributed by atoms with van der Waals surface area (Å²) < 4.78 is 21.5.